The molecule has 0 unspecified atom stereocenters. The normalized spacial score (nSPS) is 10.8. The number of rotatable bonds is 6. The molecule has 0 aliphatic rings. The summed E-state index contributed by atoms with van der Waals surface area (Å²) in [4.78, 5) is 12.0. The molecule has 5 nitrogen and oxygen atoms in total. The van der Waals surface area contributed by atoms with Crippen molar-refractivity contribution in [1.82, 2.24) is 5.43 Å². The lowest BCUT2D eigenvalue weighted by Crippen LogP contribution is -2.25. The molecule has 0 aromatic heterocycles. The fourth-order valence-electron chi connectivity index (χ4n) is 2.65. The molecule has 3 aromatic rings. The molecule has 0 atom stereocenters. The zero-order chi connectivity index (χ0) is 18.4. The number of amides is 1. The number of hydrogen-bond donors (Lipinski definition) is 2. The monoisotopic (exact) mass is 347 g/mol. The SMILES string of the molecule is COc1ccc2ccccc2c1C=NNC(=O)CNc1ccc(C)cc1. The fourth-order valence-corrected chi connectivity index (χ4v) is 2.65. The summed E-state index contributed by atoms with van der Waals surface area (Å²) in [6.45, 7) is 2.17. The average Bonchev–Trinajstić information content (AvgIpc) is 2.67. The van der Waals surface area contributed by atoms with E-state index in [4.69, 9.17) is 4.74 Å². The zero-order valence-corrected chi connectivity index (χ0v) is 14.8. The number of aryl methyl sites for hydroxylation is 1. The molecule has 0 saturated heterocycles. The molecular weight excluding hydrogens is 326 g/mol. The van der Waals surface area contributed by atoms with Gasteiger partial charge in [0.25, 0.3) is 5.91 Å². The lowest BCUT2D eigenvalue weighted by Gasteiger charge is -2.08. The third-order valence-corrected chi connectivity index (χ3v) is 4.04. The van der Waals surface area contributed by atoms with Crippen LogP contribution in [-0.2, 0) is 4.79 Å². The van der Waals surface area contributed by atoms with Crippen LogP contribution in [0.15, 0.2) is 65.8 Å². The van der Waals surface area contributed by atoms with E-state index in [1.54, 1.807) is 13.3 Å². The molecule has 0 aliphatic carbocycles. The maximum Gasteiger partial charge on any atom is 0.259 e. The van der Waals surface area contributed by atoms with Crippen molar-refractivity contribution >= 4 is 28.6 Å². The minimum atomic E-state index is -0.221. The van der Waals surface area contributed by atoms with Crippen LogP contribution in [0.1, 0.15) is 11.1 Å². The first kappa shape index (κ1) is 17.5. The second kappa shape index (κ2) is 8.16. The van der Waals surface area contributed by atoms with Crippen molar-refractivity contribution in [3.8, 4) is 5.75 Å². The zero-order valence-electron chi connectivity index (χ0n) is 14.8. The lowest BCUT2D eigenvalue weighted by molar-refractivity contribution is -0.119. The van der Waals surface area contributed by atoms with Crippen LogP contribution in [-0.4, -0.2) is 25.8 Å². The Kier molecular flexibility index (Phi) is 5.49. The van der Waals surface area contributed by atoms with E-state index in [1.165, 1.54) is 5.56 Å². The van der Waals surface area contributed by atoms with Gasteiger partial charge in [0, 0.05) is 11.3 Å². The van der Waals surface area contributed by atoms with Crippen molar-refractivity contribution in [1.29, 1.82) is 0 Å². The first-order chi connectivity index (χ1) is 12.7. The van der Waals surface area contributed by atoms with Crippen LogP contribution in [0.3, 0.4) is 0 Å². The van der Waals surface area contributed by atoms with Gasteiger partial charge in [-0.1, -0.05) is 48.0 Å². The van der Waals surface area contributed by atoms with Gasteiger partial charge in [0.1, 0.15) is 5.75 Å². The Bertz CT molecular complexity index is 934. The van der Waals surface area contributed by atoms with E-state index in [1.807, 2.05) is 67.6 Å². The number of nitrogens with zero attached hydrogens (tertiary/aromatic N) is 1. The number of ether oxygens (including phenoxy) is 1. The van der Waals surface area contributed by atoms with E-state index >= 15 is 0 Å². The molecular formula is C21H21N3O2. The van der Waals surface area contributed by atoms with E-state index in [2.05, 4.69) is 15.8 Å². The smallest absolute Gasteiger partial charge is 0.259 e. The Labute approximate surface area is 152 Å². The molecule has 26 heavy (non-hydrogen) atoms. The highest BCUT2D eigenvalue weighted by molar-refractivity contribution is 6.02. The topological polar surface area (TPSA) is 62.7 Å². The van der Waals surface area contributed by atoms with E-state index in [0.29, 0.717) is 5.75 Å². The summed E-state index contributed by atoms with van der Waals surface area (Å²) in [6, 6.07) is 19.7. The van der Waals surface area contributed by atoms with E-state index in [0.717, 1.165) is 22.0 Å². The van der Waals surface area contributed by atoms with Crippen molar-refractivity contribution in [2.45, 2.75) is 6.92 Å². The lowest BCUT2D eigenvalue weighted by atomic mass is 10.0. The summed E-state index contributed by atoms with van der Waals surface area (Å²) < 4.78 is 5.41. The molecule has 3 aromatic carbocycles. The number of methoxy groups -OCH3 is 1. The van der Waals surface area contributed by atoms with Crippen LogP contribution >= 0.6 is 0 Å². The summed E-state index contributed by atoms with van der Waals surface area (Å²) in [5.74, 6) is 0.487. The highest BCUT2D eigenvalue weighted by Gasteiger charge is 2.06. The average molecular weight is 347 g/mol. The van der Waals surface area contributed by atoms with Gasteiger partial charge in [0.15, 0.2) is 0 Å². The van der Waals surface area contributed by atoms with Crippen LogP contribution in [0.2, 0.25) is 0 Å². The fraction of sp³-hybridized carbons (Fsp3) is 0.143. The van der Waals surface area contributed by atoms with Gasteiger partial charge in [-0.2, -0.15) is 5.10 Å². The van der Waals surface area contributed by atoms with Gasteiger partial charge >= 0.3 is 0 Å². The molecule has 132 valence electrons. The number of fused-ring (bicyclic) bond motifs is 1. The molecule has 5 heteroatoms. The summed E-state index contributed by atoms with van der Waals surface area (Å²) >= 11 is 0. The van der Waals surface area contributed by atoms with Crippen LogP contribution in [0.5, 0.6) is 5.75 Å². The minimum Gasteiger partial charge on any atom is -0.496 e. The van der Waals surface area contributed by atoms with Gasteiger partial charge in [-0.3, -0.25) is 4.79 Å². The van der Waals surface area contributed by atoms with Gasteiger partial charge in [0.05, 0.1) is 19.9 Å². The Morgan fingerprint density at radius 3 is 2.62 bits per heavy atom. The molecule has 0 radical (unpaired) electrons. The second-order valence-corrected chi connectivity index (χ2v) is 5.92. The summed E-state index contributed by atoms with van der Waals surface area (Å²) in [7, 11) is 1.62. The number of hydrogen-bond acceptors (Lipinski definition) is 4. The van der Waals surface area contributed by atoms with Crippen molar-refractivity contribution < 1.29 is 9.53 Å². The van der Waals surface area contributed by atoms with Crippen molar-refractivity contribution in [2.75, 3.05) is 19.0 Å². The quantitative estimate of drug-likeness (QED) is 0.528. The van der Waals surface area contributed by atoms with Crippen LogP contribution in [0, 0.1) is 6.92 Å². The summed E-state index contributed by atoms with van der Waals surface area (Å²) in [6.07, 6.45) is 1.62. The molecule has 0 heterocycles. The molecule has 1 amide bonds. The minimum absolute atomic E-state index is 0.146. The first-order valence-electron chi connectivity index (χ1n) is 8.35. The Morgan fingerprint density at radius 2 is 1.85 bits per heavy atom. The molecule has 0 saturated carbocycles. The summed E-state index contributed by atoms with van der Waals surface area (Å²) in [5, 5.41) is 9.25. The van der Waals surface area contributed by atoms with Crippen molar-refractivity contribution in [2.24, 2.45) is 5.10 Å². The van der Waals surface area contributed by atoms with Gasteiger partial charge in [-0.25, -0.2) is 5.43 Å². The Morgan fingerprint density at radius 1 is 1.08 bits per heavy atom. The van der Waals surface area contributed by atoms with Crippen molar-refractivity contribution in [3.63, 3.8) is 0 Å². The largest absolute Gasteiger partial charge is 0.496 e. The number of carbonyl (C=O) groups is 1. The predicted molar refractivity (Wildman–Crippen MR) is 106 cm³/mol. The highest BCUT2D eigenvalue weighted by atomic mass is 16.5. The van der Waals surface area contributed by atoms with Gasteiger partial charge in [0.2, 0.25) is 0 Å². The van der Waals surface area contributed by atoms with E-state index in [-0.39, 0.29) is 12.5 Å². The first-order valence-corrected chi connectivity index (χ1v) is 8.35. The van der Waals surface area contributed by atoms with Crippen LogP contribution in [0.4, 0.5) is 5.69 Å². The van der Waals surface area contributed by atoms with Crippen LogP contribution < -0.4 is 15.5 Å². The second-order valence-electron chi connectivity index (χ2n) is 5.92. The van der Waals surface area contributed by atoms with E-state index in [9.17, 15) is 4.79 Å². The summed E-state index contributed by atoms with van der Waals surface area (Å²) in [5.41, 5.74) is 5.44. The number of nitrogens with one attached hydrogen (secondary N) is 2. The molecule has 0 fully saturated rings. The number of carbonyl (C=O) groups excluding carboxylic acids is 1. The maximum absolute atomic E-state index is 12.0. The Balaban J connectivity index is 1.65. The molecule has 0 aliphatic heterocycles. The standard InChI is InChI=1S/C21H21N3O2/c1-15-7-10-17(11-8-15)22-14-21(25)24-23-13-19-18-6-4-3-5-16(18)9-12-20(19)26-2/h3-13,22H,14H2,1-2H3,(H,24,25). The number of benzene rings is 3. The predicted octanol–water partition coefficient (Wildman–Crippen LogP) is 3.72. The molecule has 3 rings (SSSR count). The Hall–Kier alpha value is -3.34. The molecule has 0 spiro atoms. The number of anilines is 1. The van der Waals surface area contributed by atoms with Crippen LogP contribution in [0.25, 0.3) is 10.8 Å². The van der Waals surface area contributed by atoms with Gasteiger partial charge in [-0.05, 0) is 35.9 Å². The van der Waals surface area contributed by atoms with Crippen molar-refractivity contribution in [3.05, 3.63) is 71.8 Å². The third-order valence-electron chi connectivity index (χ3n) is 4.04. The third kappa shape index (κ3) is 4.19. The van der Waals surface area contributed by atoms with E-state index < -0.39 is 0 Å². The highest BCUT2D eigenvalue weighted by Crippen LogP contribution is 2.26. The van der Waals surface area contributed by atoms with Gasteiger partial charge in [-0.15, -0.1) is 0 Å². The number of hydrazone groups is 1. The maximum atomic E-state index is 12.0. The van der Waals surface area contributed by atoms with Gasteiger partial charge < -0.3 is 10.1 Å². The molecule has 0 bridgehead atoms. The molecule has 2 N–H and O–H groups in total.